The molecule has 0 fully saturated rings. The van der Waals surface area contributed by atoms with Gasteiger partial charge in [-0.25, -0.2) is 4.98 Å². The van der Waals surface area contributed by atoms with Crippen molar-refractivity contribution in [1.29, 1.82) is 0 Å². The van der Waals surface area contributed by atoms with Gasteiger partial charge in [-0.15, -0.1) is 11.3 Å². The Hall–Kier alpha value is -1.26. The third kappa shape index (κ3) is 3.33. The highest BCUT2D eigenvalue weighted by atomic mass is 32.1. The van der Waals surface area contributed by atoms with Crippen LogP contribution in [-0.2, 0) is 6.42 Å². The fourth-order valence-corrected chi connectivity index (χ4v) is 4.01. The normalized spacial score (nSPS) is 18.0. The third-order valence-electron chi connectivity index (χ3n) is 3.95. The van der Waals surface area contributed by atoms with Gasteiger partial charge in [0.05, 0.1) is 11.4 Å². The van der Waals surface area contributed by atoms with E-state index in [2.05, 4.69) is 36.3 Å². The minimum absolute atomic E-state index is 0.534. The Morgan fingerprint density at radius 3 is 2.95 bits per heavy atom. The molecule has 0 radical (unpaired) electrons. The van der Waals surface area contributed by atoms with Crippen molar-refractivity contribution in [3.8, 4) is 10.7 Å². The van der Waals surface area contributed by atoms with Crippen molar-refractivity contribution in [2.24, 2.45) is 0 Å². The van der Waals surface area contributed by atoms with Crippen LogP contribution in [0.5, 0.6) is 0 Å². The molecule has 0 amide bonds. The number of hydrogen-bond acceptors (Lipinski definition) is 4. The van der Waals surface area contributed by atoms with E-state index in [1.54, 1.807) is 0 Å². The van der Waals surface area contributed by atoms with Crippen LogP contribution < -0.4 is 5.32 Å². The standard InChI is InChI=1S/C17H23N3S/c1-11(2)18-10-13-7-5-9-15-16(13)20-17(21-15)14-8-4-6-12(3)19-14/h4,6,8,11,13,18H,5,7,9-10H2,1-3H3. The summed E-state index contributed by atoms with van der Waals surface area (Å²) in [4.78, 5) is 11.0. The molecule has 112 valence electrons. The van der Waals surface area contributed by atoms with E-state index in [9.17, 15) is 0 Å². The third-order valence-corrected chi connectivity index (χ3v) is 5.10. The minimum atomic E-state index is 0.534. The van der Waals surface area contributed by atoms with Crippen LogP contribution in [0, 0.1) is 6.92 Å². The zero-order valence-corrected chi connectivity index (χ0v) is 13.8. The Labute approximate surface area is 130 Å². The van der Waals surface area contributed by atoms with Crippen molar-refractivity contribution in [2.75, 3.05) is 6.54 Å². The Kier molecular flexibility index (Phi) is 4.36. The molecule has 2 aromatic heterocycles. The number of aryl methyl sites for hydroxylation is 2. The molecular formula is C17H23N3S. The summed E-state index contributed by atoms with van der Waals surface area (Å²) >= 11 is 1.83. The maximum absolute atomic E-state index is 4.94. The van der Waals surface area contributed by atoms with Crippen LogP contribution in [0.3, 0.4) is 0 Å². The van der Waals surface area contributed by atoms with Crippen LogP contribution in [0.4, 0.5) is 0 Å². The molecule has 3 nitrogen and oxygen atoms in total. The predicted octanol–water partition coefficient (Wildman–Crippen LogP) is 3.93. The Balaban J connectivity index is 1.87. The molecule has 0 saturated heterocycles. The smallest absolute Gasteiger partial charge is 0.142 e. The van der Waals surface area contributed by atoms with Crippen molar-refractivity contribution < 1.29 is 0 Å². The summed E-state index contributed by atoms with van der Waals surface area (Å²) in [5.74, 6) is 0.561. The summed E-state index contributed by atoms with van der Waals surface area (Å²) in [7, 11) is 0. The van der Waals surface area contributed by atoms with Crippen molar-refractivity contribution in [1.82, 2.24) is 15.3 Å². The molecule has 0 saturated carbocycles. The summed E-state index contributed by atoms with van der Waals surface area (Å²) in [5.41, 5.74) is 3.39. The van der Waals surface area contributed by atoms with Gasteiger partial charge in [-0.2, -0.15) is 0 Å². The lowest BCUT2D eigenvalue weighted by molar-refractivity contribution is 0.475. The van der Waals surface area contributed by atoms with E-state index in [4.69, 9.17) is 4.98 Å². The fourth-order valence-electron chi connectivity index (χ4n) is 2.86. The van der Waals surface area contributed by atoms with E-state index in [0.29, 0.717) is 12.0 Å². The van der Waals surface area contributed by atoms with Gasteiger partial charge in [0.25, 0.3) is 0 Å². The molecule has 3 rings (SSSR count). The van der Waals surface area contributed by atoms with E-state index in [1.165, 1.54) is 29.8 Å². The predicted molar refractivity (Wildman–Crippen MR) is 88.9 cm³/mol. The van der Waals surface area contributed by atoms with Gasteiger partial charge in [-0.1, -0.05) is 19.9 Å². The second-order valence-corrected chi connectivity index (χ2v) is 7.23. The molecule has 21 heavy (non-hydrogen) atoms. The van der Waals surface area contributed by atoms with Gasteiger partial charge in [0.15, 0.2) is 0 Å². The largest absolute Gasteiger partial charge is 0.314 e. The first kappa shape index (κ1) is 14.7. The van der Waals surface area contributed by atoms with Gasteiger partial charge >= 0.3 is 0 Å². The monoisotopic (exact) mass is 301 g/mol. The van der Waals surface area contributed by atoms with Crippen molar-refractivity contribution >= 4 is 11.3 Å². The number of fused-ring (bicyclic) bond motifs is 1. The average Bonchev–Trinajstić information content (AvgIpc) is 2.89. The van der Waals surface area contributed by atoms with Crippen LogP contribution in [0.1, 0.15) is 48.9 Å². The Bertz CT molecular complexity index is 618. The van der Waals surface area contributed by atoms with E-state index >= 15 is 0 Å². The molecule has 0 spiro atoms. The summed E-state index contributed by atoms with van der Waals surface area (Å²) in [6.45, 7) is 7.47. The maximum atomic E-state index is 4.94. The van der Waals surface area contributed by atoms with E-state index in [0.717, 1.165) is 22.9 Å². The van der Waals surface area contributed by atoms with E-state index in [-0.39, 0.29) is 0 Å². The molecule has 0 aromatic carbocycles. The first-order chi connectivity index (χ1) is 10.1. The molecule has 1 N–H and O–H groups in total. The lowest BCUT2D eigenvalue weighted by Crippen LogP contribution is -2.29. The number of thiazole rings is 1. The molecule has 1 unspecified atom stereocenters. The highest BCUT2D eigenvalue weighted by molar-refractivity contribution is 7.15. The van der Waals surface area contributed by atoms with Crippen LogP contribution in [0.15, 0.2) is 18.2 Å². The first-order valence-electron chi connectivity index (χ1n) is 7.80. The average molecular weight is 301 g/mol. The van der Waals surface area contributed by atoms with Gasteiger partial charge in [-0.05, 0) is 38.3 Å². The summed E-state index contributed by atoms with van der Waals surface area (Å²) < 4.78 is 0. The van der Waals surface area contributed by atoms with Gasteiger partial charge in [0.2, 0.25) is 0 Å². The van der Waals surface area contributed by atoms with Crippen molar-refractivity contribution in [3.05, 3.63) is 34.5 Å². The number of aromatic nitrogens is 2. The summed E-state index contributed by atoms with van der Waals surface area (Å²) in [6.07, 6.45) is 3.70. The molecule has 2 aromatic rings. The number of nitrogens with zero attached hydrogens (tertiary/aromatic N) is 2. The molecular weight excluding hydrogens is 278 g/mol. The van der Waals surface area contributed by atoms with Gasteiger partial charge < -0.3 is 5.32 Å². The molecule has 4 heteroatoms. The molecule has 0 bridgehead atoms. The van der Waals surface area contributed by atoms with Gasteiger partial charge in [0, 0.05) is 29.1 Å². The Morgan fingerprint density at radius 2 is 2.19 bits per heavy atom. The quantitative estimate of drug-likeness (QED) is 0.929. The molecule has 1 aliphatic carbocycles. The number of nitrogens with one attached hydrogen (secondary N) is 1. The van der Waals surface area contributed by atoms with Crippen LogP contribution in [0.2, 0.25) is 0 Å². The highest BCUT2D eigenvalue weighted by Gasteiger charge is 2.25. The fraction of sp³-hybridized carbons (Fsp3) is 0.529. The second-order valence-electron chi connectivity index (χ2n) is 6.14. The van der Waals surface area contributed by atoms with Crippen molar-refractivity contribution in [3.63, 3.8) is 0 Å². The lowest BCUT2D eigenvalue weighted by Gasteiger charge is -2.22. The molecule has 0 aliphatic heterocycles. The maximum Gasteiger partial charge on any atom is 0.142 e. The second kappa shape index (κ2) is 6.24. The minimum Gasteiger partial charge on any atom is -0.314 e. The number of rotatable bonds is 4. The topological polar surface area (TPSA) is 37.8 Å². The van der Waals surface area contributed by atoms with Crippen LogP contribution in [-0.4, -0.2) is 22.6 Å². The lowest BCUT2D eigenvalue weighted by atomic mass is 9.91. The van der Waals surface area contributed by atoms with Crippen LogP contribution in [0.25, 0.3) is 10.7 Å². The van der Waals surface area contributed by atoms with Gasteiger partial charge in [-0.3, -0.25) is 4.98 Å². The van der Waals surface area contributed by atoms with Crippen LogP contribution >= 0.6 is 11.3 Å². The Morgan fingerprint density at radius 1 is 1.33 bits per heavy atom. The number of pyridine rings is 1. The summed E-state index contributed by atoms with van der Waals surface area (Å²) in [6, 6.07) is 6.70. The van der Waals surface area contributed by atoms with E-state index < -0.39 is 0 Å². The molecule has 1 aliphatic rings. The summed E-state index contributed by atoms with van der Waals surface area (Å²) in [5, 5.41) is 4.65. The van der Waals surface area contributed by atoms with Crippen molar-refractivity contribution in [2.45, 2.75) is 52.0 Å². The van der Waals surface area contributed by atoms with E-state index in [1.807, 2.05) is 24.3 Å². The zero-order valence-electron chi connectivity index (χ0n) is 13.0. The zero-order chi connectivity index (χ0) is 14.8. The SMILES string of the molecule is Cc1cccc(-c2nc3c(s2)CCCC3CNC(C)C)n1. The first-order valence-corrected chi connectivity index (χ1v) is 8.62. The molecule has 1 atom stereocenters. The molecule has 2 heterocycles. The highest BCUT2D eigenvalue weighted by Crippen LogP contribution is 2.37. The van der Waals surface area contributed by atoms with Gasteiger partial charge in [0.1, 0.15) is 5.01 Å². The number of hydrogen-bond donors (Lipinski definition) is 1.